The Kier molecular flexibility index (Phi) is 8.10. The average molecular weight is 556 g/mol. The molecule has 37 heavy (non-hydrogen) atoms. The van der Waals surface area contributed by atoms with Gasteiger partial charge in [-0.3, -0.25) is 4.79 Å². The van der Waals surface area contributed by atoms with Gasteiger partial charge in [-0.15, -0.1) is 0 Å². The fraction of sp³-hybridized carbons (Fsp3) is 0.292. The molecule has 0 atom stereocenters. The lowest BCUT2D eigenvalue weighted by Gasteiger charge is -2.32. The Hall–Kier alpha value is -3.09. The molecule has 1 aliphatic rings. The molecular formula is C24H22ClF4N5O2S. The third-order valence-corrected chi connectivity index (χ3v) is 6.94. The summed E-state index contributed by atoms with van der Waals surface area (Å²) < 4.78 is 59.0. The van der Waals surface area contributed by atoms with Gasteiger partial charge in [-0.25, -0.2) is 9.37 Å². The summed E-state index contributed by atoms with van der Waals surface area (Å²) in [7, 11) is 2.01. The Balaban J connectivity index is 1.62. The van der Waals surface area contributed by atoms with Crippen molar-refractivity contribution in [3.8, 4) is 5.88 Å². The van der Waals surface area contributed by atoms with Gasteiger partial charge in [0.2, 0.25) is 17.7 Å². The smallest absolute Gasteiger partial charge is 0.419 e. The molecule has 0 radical (unpaired) electrons. The Morgan fingerprint density at radius 2 is 1.89 bits per heavy atom. The van der Waals surface area contributed by atoms with Gasteiger partial charge in [0.25, 0.3) is 0 Å². The Labute approximate surface area is 219 Å². The Bertz CT molecular complexity index is 1300. The number of nitrogens with two attached hydrogens (primary N) is 1. The molecule has 0 aliphatic carbocycles. The minimum absolute atomic E-state index is 0.123. The molecule has 7 nitrogen and oxygen atoms in total. The van der Waals surface area contributed by atoms with E-state index in [0.717, 1.165) is 19.2 Å². The van der Waals surface area contributed by atoms with Crippen LogP contribution in [0.4, 0.5) is 23.5 Å². The van der Waals surface area contributed by atoms with Gasteiger partial charge in [-0.05, 0) is 42.9 Å². The standard InChI is InChI=1S/C24H22ClF4N5O2S/c1-33-6-8-34(9-7-33)23-31-12-20(37-15-3-4-16(21(30)35)18(25)11-15)22(32-23)36-13-14-2-5-19(26)17(10-14)24(27,28)29/h2-5,10-12H,6-9,13H2,1H3,(H2,30,35). The molecule has 2 N–H and O–H groups in total. The van der Waals surface area contributed by atoms with Gasteiger partial charge in [0.1, 0.15) is 12.4 Å². The lowest BCUT2D eigenvalue weighted by Crippen LogP contribution is -2.45. The predicted octanol–water partition coefficient (Wildman–Crippen LogP) is 4.87. The van der Waals surface area contributed by atoms with Crippen LogP contribution >= 0.6 is 23.4 Å². The largest absolute Gasteiger partial charge is 0.472 e. The van der Waals surface area contributed by atoms with Crippen LogP contribution in [0.1, 0.15) is 21.5 Å². The topological polar surface area (TPSA) is 84.6 Å². The molecule has 0 unspecified atom stereocenters. The van der Waals surface area contributed by atoms with Crippen molar-refractivity contribution in [2.24, 2.45) is 5.73 Å². The molecule has 196 valence electrons. The van der Waals surface area contributed by atoms with E-state index < -0.39 is 23.5 Å². The van der Waals surface area contributed by atoms with E-state index >= 15 is 0 Å². The number of primary amides is 1. The predicted molar refractivity (Wildman–Crippen MR) is 132 cm³/mol. The van der Waals surface area contributed by atoms with Crippen molar-refractivity contribution < 1.29 is 27.1 Å². The molecule has 1 fully saturated rings. The van der Waals surface area contributed by atoms with E-state index in [0.29, 0.717) is 34.9 Å². The van der Waals surface area contributed by atoms with Crippen LogP contribution in [0.3, 0.4) is 0 Å². The SMILES string of the molecule is CN1CCN(c2ncc(Sc3ccc(C(N)=O)c(Cl)c3)c(OCc3ccc(F)c(C(F)(F)F)c3)n2)CC1. The molecule has 0 spiro atoms. The zero-order valence-corrected chi connectivity index (χ0v) is 21.1. The van der Waals surface area contributed by atoms with Crippen LogP contribution in [0, 0.1) is 5.82 Å². The summed E-state index contributed by atoms with van der Waals surface area (Å²) in [5.74, 6) is -1.46. The number of carbonyl (C=O) groups excluding carboxylic acids is 1. The summed E-state index contributed by atoms with van der Waals surface area (Å²) in [4.78, 5) is 25.7. The zero-order valence-electron chi connectivity index (χ0n) is 19.6. The number of halogens is 5. The Morgan fingerprint density at radius 1 is 1.16 bits per heavy atom. The van der Waals surface area contributed by atoms with E-state index in [1.54, 1.807) is 18.3 Å². The van der Waals surface area contributed by atoms with Crippen LogP contribution in [-0.2, 0) is 12.8 Å². The van der Waals surface area contributed by atoms with E-state index in [2.05, 4.69) is 14.9 Å². The number of likely N-dealkylation sites (N-methyl/N-ethyl adjacent to an activating group) is 1. The molecule has 2 heterocycles. The van der Waals surface area contributed by atoms with Crippen LogP contribution in [-0.4, -0.2) is 54.0 Å². The number of nitrogens with zero attached hydrogens (tertiary/aromatic N) is 4. The number of benzene rings is 2. The minimum atomic E-state index is -4.83. The van der Waals surface area contributed by atoms with E-state index in [4.69, 9.17) is 22.1 Å². The number of ether oxygens (including phenoxy) is 1. The molecule has 1 aromatic heterocycles. The molecule has 1 amide bonds. The van der Waals surface area contributed by atoms with Crippen molar-refractivity contribution in [2.45, 2.75) is 22.6 Å². The van der Waals surface area contributed by atoms with Gasteiger partial charge in [0, 0.05) is 31.1 Å². The first-order valence-corrected chi connectivity index (χ1v) is 12.3. The van der Waals surface area contributed by atoms with Gasteiger partial charge < -0.3 is 20.3 Å². The van der Waals surface area contributed by atoms with E-state index in [1.165, 1.54) is 23.9 Å². The number of carbonyl (C=O) groups is 1. The highest BCUT2D eigenvalue weighted by atomic mass is 35.5. The summed E-state index contributed by atoms with van der Waals surface area (Å²) in [5, 5.41) is 0.168. The Morgan fingerprint density at radius 3 is 2.54 bits per heavy atom. The number of rotatable bonds is 7. The zero-order chi connectivity index (χ0) is 26.7. The fourth-order valence-electron chi connectivity index (χ4n) is 3.60. The van der Waals surface area contributed by atoms with Crippen LogP contribution in [0.25, 0.3) is 0 Å². The second-order valence-corrected chi connectivity index (χ2v) is 9.86. The molecule has 3 aromatic rings. The van der Waals surface area contributed by atoms with Gasteiger partial charge in [-0.2, -0.15) is 18.2 Å². The van der Waals surface area contributed by atoms with Crippen LogP contribution < -0.4 is 15.4 Å². The monoisotopic (exact) mass is 555 g/mol. The third-order valence-electron chi connectivity index (χ3n) is 5.64. The summed E-state index contributed by atoms with van der Waals surface area (Å²) >= 11 is 7.36. The fourth-order valence-corrected chi connectivity index (χ4v) is 4.80. The molecule has 0 saturated carbocycles. The number of aromatic nitrogens is 2. The van der Waals surface area contributed by atoms with Crippen molar-refractivity contribution in [1.82, 2.24) is 14.9 Å². The third kappa shape index (κ3) is 6.62. The maximum Gasteiger partial charge on any atom is 0.419 e. The van der Waals surface area contributed by atoms with Crippen LogP contribution in [0.15, 0.2) is 52.4 Å². The molecule has 0 bridgehead atoms. The number of hydrogen-bond acceptors (Lipinski definition) is 7. The molecule has 13 heteroatoms. The van der Waals surface area contributed by atoms with E-state index in [-0.39, 0.29) is 28.6 Å². The van der Waals surface area contributed by atoms with Crippen molar-refractivity contribution >= 4 is 35.2 Å². The van der Waals surface area contributed by atoms with Gasteiger partial charge in [-0.1, -0.05) is 29.4 Å². The molecule has 2 aromatic carbocycles. The number of hydrogen-bond donors (Lipinski definition) is 1. The van der Waals surface area contributed by atoms with Crippen molar-refractivity contribution in [2.75, 3.05) is 38.1 Å². The highest BCUT2D eigenvalue weighted by Gasteiger charge is 2.34. The van der Waals surface area contributed by atoms with Crippen molar-refractivity contribution in [3.05, 3.63) is 70.1 Å². The molecular weight excluding hydrogens is 534 g/mol. The van der Waals surface area contributed by atoms with Crippen molar-refractivity contribution in [3.63, 3.8) is 0 Å². The number of piperazine rings is 1. The van der Waals surface area contributed by atoms with Gasteiger partial charge >= 0.3 is 6.18 Å². The van der Waals surface area contributed by atoms with E-state index in [1.807, 2.05) is 11.9 Å². The van der Waals surface area contributed by atoms with Crippen LogP contribution in [0.5, 0.6) is 5.88 Å². The lowest BCUT2D eigenvalue weighted by molar-refractivity contribution is -0.140. The number of anilines is 1. The maximum atomic E-state index is 13.7. The average Bonchev–Trinajstić information content (AvgIpc) is 2.84. The summed E-state index contributed by atoms with van der Waals surface area (Å²) in [5.41, 5.74) is 4.23. The first-order valence-electron chi connectivity index (χ1n) is 11.1. The van der Waals surface area contributed by atoms with Gasteiger partial charge in [0.15, 0.2) is 0 Å². The summed E-state index contributed by atoms with van der Waals surface area (Å²) in [6, 6.07) is 7.39. The second-order valence-electron chi connectivity index (χ2n) is 8.34. The normalized spacial score (nSPS) is 14.6. The molecule has 4 rings (SSSR count). The number of amides is 1. The first kappa shape index (κ1) is 27.0. The highest BCUT2D eigenvalue weighted by Crippen LogP contribution is 2.37. The summed E-state index contributed by atoms with van der Waals surface area (Å²) in [6.07, 6.45) is -3.27. The van der Waals surface area contributed by atoms with Crippen LogP contribution in [0.2, 0.25) is 5.02 Å². The number of alkyl halides is 3. The highest BCUT2D eigenvalue weighted by molar-refractivity contribution is 7.99. The first-order chi connectivity index (χ1) is 17.5. The second kappa shape index (κ2) is 11.1. The van der Waals surface area contributed by atoms with Crippen molar-refractivity contribution in [1.29, 1.82) is 0 Å². The molecule has 1 saturated heterocycles. The quantitative estimate of drug-likeness (QED) is 0.416. The lowest BCUT2D eigenvalue weighted by atomic mass is 10.1. The van der Waals surface area contributed by atoms with E-state index in [9.17, 15) is 22.4 Å². The summed E-state index contributed by atoms with van der Waals surface area (Å²) in [6.45, 7) is 2.74. The maximum absolute atomic E-state index is 13.7. The molecule has 1 aliphatic heterocycles. The minimum Gasteiger partial charge on any atom is -0.472 e. The van der Waals surface area contributed by atoms with Gasteiger partial charge in [0.05, 0.1) is 27.2 Å².